The number of alkyl halides is 2. The van der Waals surface area contributed by atoms with E-state index in [9.17, 15) is 13.6 Å². The Morgan fingerprint density at radius 3 is 2.36 bits per heavy atom. The molecule has 0 unspecified atom stereocenters. The predicted molar refractivity (Wildman–Crippen MR) is 105 cm³/mol. The molecule has 0 saturated heterocycles. The molecule has 1 saturated carbocycles. The van der Waals surface area contributed by atoms with Gasteiger partial charge in [-0.3, -0.25) is 9.69 Å². The highest BCUT2D eigenvalue weighted by atomic mass is 35.5. The molecule has 1 amide bonds. The number of nitrogens with zero attached hydrogens (tertiary/aromatic N) is 1. The van der Waals surface area contributed by atoms with Crippen LogP contribution in [0.1, 0.15) is 24.0 Å². The minimum atomic E-state index is -2.83. The van der Waals surface area contributed by atoms with Crippen LogP contribution in [0.15, 0.2) is 48.5 Å². The Labute approximate surface area is 168 Å². The summed E-state index contributed by atoms with van der Waals surface area (Å²) in [7, 11) is 0. The summed E-state index contributed by atoms with van der Waals surface area (Å²) < 4.78 is 28.6. The summed E-state index contributed by atoms with van der Waals surface area (Å²) in [5.74, 6) is 0.114. The maximum atomic E-state index is 12.3. The Kier molecular flexibility index (Phi) is 7.23. The average Bonchev–Trinajstić information content (AvgIpc) is 3.49. The SMILES string of the molecule is O=C(CN(Cc1ccc(Cl)cc1)C1CC1)NCCc1ccc(OC(F)F)cc1. The molecule has 1 N–H and O–H groups in total. The number of ether oxygens (including phenoxy) is 1. The molecule has 1 fully saturated rings. The van der Waals surface area contributed by atoms with Gasteiger partial charge in [0.05, 0.1) is 6.54 Å². The average molecular weight is 409 g/mol. The molecule has 7 heteroatoms. The Balaban J connectivity index is 1.43. The molecule has 28 heavy (non-hydrogen) atoms. The van der Waals surface area contributed by atoms with Crippen LogP contribution in [0.3, 0.4) is 0 Å². The molecule has 0 aliphatic heterocycles. The van der Waals surface area contributed by atoms with Crippen LogP contribution >= 0.6 is 11.6 Å². The molecule has 0 radical (unpaired) electrons. The Morgan fingerprint density at radius 2 is 1.75 bits per heavy atom. The first-order chi connectivity index (χ1) is 13.5. The fourth-order valence-corrected chi connectivity index (χ4v) is 3.13. The summed E-state index contributed by atoms with van der Waals surface area (Å²) in [6, 6.07) is 14.6. The second kappa shape index (κ2) is 9.85. The van der Waals surface area contributed by atoms with Crippen molar-refractivity contribution in [2.45, 2.75) is 38.5 Å². The van der Waals surface area contributed by atoms with Crippen molar-refractivity contribution in [2.24, 2.45) is 0 Å². The number of carbonyl (C=O) groups excluding carboxylic acids is 1. The molecule has 0 spiro atoms. The normalized spacial score (nSPS) is 13.8. The summed E-state index contributed by atoms with van der Waals surface area (Å²) in [6.45, 7) is -1.25. The van der Waals surface area contributed by atoms with Crippen molar-refractivity contribution in [3.05, 3.63) is 64.7 Å². The van der Waals surface area contributed by atoms with Crippen molar-refractivity contribution >= 4 is 17.5 Å². The Bertz CT molecular complexity index is 765. The summed E-state index contributed by atoms with van der Waals surface area (Å²) in [4.78, 5) is 14.5. The Morgan fingerprint density at radius 1 is 1.11 bits per heavy atom. The first kappa shape index (κ1) is 20.6. The van der Waals surface area contributed by atoms with Gasteiger partial charge in [0.1, 0.15) is 5.75 Å². The minimum absolute atomic E-state index is 0.0153. The van der Waals surface area contributed by atoms with Crippen molar-refractivity contribution in [3.8, 4) is 5.75 Å². The summed E-state index contributed by atoms with van der Waals surface area (Å²) >= 11 is 5.93. The molecule has 0 bridgehead atoms. The van der Waals surface area contributed by atoms with Crippen molar-refractivity contribution in [3.63, 3.8) is 0 Å². The molecule has 1 aliphatic carbocycles. The highest BCUT2D eigenvalue weighted by Crippen LogP contribution is 2.28. The van der Waals surface area contributed by atoms with Gasteiger partial charge >= 0.3 is 6.61 Å². The van der Waals surface area contributed by atoms with Gasteiger partial charge in [-0.15, -0.1) is 0 Å². The number of hydrogen-bond acceptors (Lipinski definition) is 3. The molecule has 0 aromatic heterocycles. The van der Waals surface area contributed by atoms with E-state index in [0.717, 1.165) is 30.5 Å². The number of amides is 1. The van der Waals surface area contributed by atoms with Gasteiger partial charge in [-0.25, -0.2) is 0 Å². The molecule has 2 aromatic rings. The van der Waals surface area contributed by atoms with E-state index >= 15 is 0 Å². The molecule has 150 valence electrons. The summed E-state index contributed by atoms with van der Waals surface area (Å²) in [5.41, 5.74) is 2.08. The summed E-state index contributed by atoms with van der Waals surface area (Å²) in [5, 5.41) is 3.64. The lowest BCUT2D eigenvalue weighted by atomic mass is 10.1. The van der Waals surface area contributed by atoms with Gasteiger partial charge < -0.3 is 10.1 Å². The maximum absolute atomic E-state index is 12.3. The fraction of sp³-hybridized carbons (Fsp3) is 0.381. The molecule has 0 heterocycles. The van der Waals surface area contributed by atoms with Gasteiger partial charge in [-0.2, -0.15) is 8.78 Å². The van der Waals surface area contributed by atoms with Gasteiger partial charge in [0, 0.05) is 24.2 Å². The smallest absolute Gasteiger partial charge is 0.387 e. The lowest BCUT2D eigenvalue weighted by molar-refractivity contribution is -0.122. The summed E-state index contributed by atoms with van der Waals surface area (Å²) in [6.07, 6.45) is 2.86. The highest BCUT2D eigenvalue weighted by Gasteiger charge is 2.30. The maximum Gasteiger partial charge on any atom is 0.387 e. The molecule has 2 aromatic carbocycles. The van der Waals surface area contributed by atoms with Gasteiger partial charge in [0.2, 0.25) is 5.91 Å². The van der Waals surface area contributed by atoms with Crippen molar-refractivity contribution in [1.82, 2.24) is 10.2 Å². The van der Waals surface area contributed by atoms with E-state index in [1.165, 1.54) is 12.1 Å². The number of nitrogens with one attached hydrogen (secondary N) is 1. The third-order valence-electron chi connectivity index (χ3n) is 4.59. The van der Waals surface area contributed by atoms with Crippen LogP contribution < -0.4 is 10.1 Å². The lowest BCUT2D eigenvalue weighted by Crippen LogP contribution is -2.38. The molecule has 3 rings (SSSR count). The third kappa shape index (κ3) is 6.77. The zero-order valence-electron chi connectivity index (χ0n) is 15.4. The zero-order chi connectivity index (χ0) is 19.9. The number of rotatable bonds is 10. The predicted octanol–water partition coefficient (Wildman–Crippen LogP) is 4.26. The molecule has 0 atom stereocenters. The lowest BCUT2D eigenvalue weighted by Gasteiger charge is -2.21. The quantitative estimate of drug-likeness (QED) is 0.638. The van der Waals surface area contributed by atoms with Gasteiger partial charge in [-0.05, 0) is 54.7 Å². The second-order valence-electron chi connectivity index (χ2n) is 6.89. The topological polar surface area (TPSA) is 41.6 Å². The molecule has 4 nitrogen and oxygen atoms in total. The fourth-order valence-electron chi connectivity index (χ4n) is 3.00. The highest BCUT2D eigenvalue weighted by molar-refractivity contribution is 6.30. The van der Waals surface area contributed by atoms with Crippen LogP contribution in [-0.4, -0.2) is 36.5 Å². The number of carbonyl (C=O) groups is 1. The molecular formula is C21H23ClF2N2O2. The third-order valence-corrected chi connectivity index (χ3v) is 4.85. The monoisotopic (exact) mass is 408 g/mol. The van der Waals surface area contributed by atoms with E-state index in [2.05, 4.69) is 15.0 Å². The first-order valence-electron chi connectivity index (χ1n) is 9.28. The van der Waals surface area contributed by atoms with Gasteiger partial charge in [-0.1, -0.05) is 35.9 Å². The van der Waals surface area contributed by atoms with Crippen LogP contribution in [0.2, 0.25) is 5.02 Å². The van der Waals surface area contributed by atoms with E-state index in [0.29, 0.717) is 30.6 Å². The van der Waals surface area contributed by atoms with Crippen LogP contribution in [0.4, 0.5) is 8.78 Å². The van der Waals surface area contributed by atoms with E-state index in [1.54, 1.807) is 12.1 Å². The molecular weight excluding hydrogens is 386 g/mol. The van der Waals surface area contributed by atoms with Crippen LogP contribution in [0.25, 0.3) is 0 Å². The van der Waals surface area contributed by atoms with Crippen LogP contribution in [0, 0.1) is 0 Å². The van der Waals surface area contributed by atoms with Crippen molar-refractivity contribution < 1.29 is 18.3 Å². The van der Waals surface area contributed by atoms with E-state index < -0.39 is 6.61 Å². The van der Waals surface area contributed by atoms with Crippen LogP contribution in [-0.2, 0) is 17.8 Å². The van der Waals surface area contributed by atoms with Crippen LogP contribution in [0.5, 0.6) is 5.75 Å². The second-order valence-corrected chi connectivity index (χ2v) is 7.32. The standard InChI is InChI=1S/C21H23ClF2N2O2/c22-17-5-1-16(2-6-17)13-26(18-7-8-18)14-20(27)25-12-11-15-3-9-19(10-4-15)28-21(23)24/h1-6,9-10,18,21H,7-8,11-14H2,(H,25,27). The number of benzene rings is 2. The minimum Gasteiger partial charge on any atom is -0.435 e. The number of halogens is 3. The first-order valence-corrected chi connectivity index (χ1v) is 9.66. The largest absolute Gasteiger partial charge is 0.435 e. The van der Waals surface area contributed by atoms with E-state index in [4.69, 9.17) is 11.6 Å². The molecule has 1 aliphatic rings. The number of hydrogen-bond donors (Lipinski definition) is 1. The van der Waals surface area contributed by atoms with Gasteiger partial charge in [0.25, 0.3) is 0 Å². The van der Waals surface area contributed by atoms with E-state index in [1.807, 2.05) is 24.3 Å². The zero-order valence-corrected chi connectivity index (χ0v) is 16.2. The Hall–Kier alpha value is -2.18. The van der Waals surface area contributed by atoms with E-state index in [-0.39, 0.29) is 11.7 Å². The van der Waals surface area contributed by atoms with Gasteiger partial charge in [0.15, 0.2) is 0 Å². The van der Waals surface area contributed by atoms with Crippen molar-refractivity contribution in [2.75, 3.05) is 13.1 Å². The van der Waals surface area contributed by atoms with Crippen molar-refractivity contribution in [1.29, 1.82) is 0 Å².